The van der Waals surface area contributed by atoms with E-state index in [1.165, 1.54) is 22.9 Å². The van der Waals surface area contributed by atoms with Crippen molar-refractivity contribution in [2.45, 2.75) is 22.9 Å². The minimum absolute atomic E-state index is 0.0843. The monoisotopic (exact) mass is 495 g/mol. The van der Waals surface area contributed by atoms with Crippen LogP contribution in [0.4, 0.5) is 0 Å². The topological polar surface area (TPSA) is 108 Å². The Morgan fingerprint density at radius 2 is 2.00 bits per heavy atom. The third-order valence-electron chi connectivity index (χ3n) is 5.47. The maximum absolute atomic E-state index is 13.2. The fourth-order valence-electron chi connectivity index (χ4n) is 3.67. The smallest absolute Gasteiger partial charge is 0.356 e. The van der Waals surface area contributed by atoms with E-state index in [0.717, 1.165) is 26.7 Å². The van der Waals surface area contributed by atoms with Gasteiger partial charge in [-0.2, -0.15) is 0 Å². The Balaban J connectivity index is 1.37. The molecule has 10 heteroatoms. The highest BCUT2D eigenvalue weighted by Crippen LogP contribution is 2.45. The predicted molar refractivity (Wildman–Crippen MR) is 129 cm³/mol. The van der Waals surface area contributed by atoms with Crippen LogP contribution in [0.1, 0.15) is 5.56 Å². The summed E-state index contributed by atoms with van der Waals surface area (Å²) in [6, 6.07) is 14.3. The van der Waals surface area contributed by atoms with Crippen LogP contribution in [-0.4, -0.2) is 46.0 Å². The lowest BCUT2D eigenvalue weighted by atomic mass is 10.1. The van der Waals surface area contributed by atoms with Crippen molar-refractivity contribution in [2.75, 3.05) is 12.9 Å². The van der Waals surface area contributed by atoms with Gasteiger partial charge in [0.2, 0.25) is 11.8 Å². The lowest BCUT2D eigenvalue weighted by molar-refractivity contribution is -0.151. The fraction of sp³-hybridized carbons (Fsp3) is 0.208. The minimum atomic E-state index is -0.610. The zero-order valence-corrected chi connectivity index (χ0v) is 19.8. The molecule has 2 atom stereocenters. The summed E-state index contributed by atoms with van der Waals surface area (Å²) in [5.74, 6) is 1.000. The maximum atomic E-state index is 13.2. The first-order valence-electron chi connectivity index (χ1n) is 10.5. The van der Waals surface area contributed by atoms with Crippen molar-refractivity contribution in [1.82, 2.24) is 9.88 Å². The molecular weight excluding hydrogens is 474 g/mol. The zero-order chi connectivity index (χ0) is 23.7. The third kappa shape index (κ3) is 4.31. The molecule has 1 amide bonds. The molecule has 8 nitrogen and oxygen atoms in total. The van der Waals surface area contributed by atoms with Crippen molar-refractivity contribution in [1.29, 1.82) is 0 Å². The molecule has 3 aromatic rings. The van der Waals surface area contributed by atoms with Gasteiger partial charge >= 0.3 is 5.97 Å². The van der Waals surface area contributed by atoms with Crippen molar-refractivity contribution in [2.24, 2.45) is 5.73 Å². The number of benzene rings is 2. The van der Waals surface area contributed by atoms with Gasteiger partial charge in [0, 0.05) is 21.1 Å². The number of oxazole rings is 1. The van der Waals surface area contributed by atoms with E-state index in [2.05, 4.69) is 4.98 Å². The number of carbonyl (C=O) groups excluding carboxylic acids is 2. The largest absolute Gasteiger partial charge is 0.497 e. The highest BCUT2D eigenvalue weighted by Gasteiger charge is 2.52. The van der Waals surface area contributed by atoms with Crippen molar-refractivity contribution in [3.8, 4) is 17.2 Å². The summed E-state index contributed by atoms with van der Waals surface area (Å²) in [7, 11) is 1.59. The molecule has 5 rings (SSSR count). The number of amides is 1. The maximum Gasteiger partial charge on any atom is 0.356 e. The first kappa shape index (κ1) is 22.6. The fourth-order valence-corrected chi connectivity index (χ4v) is 6.08. The molecular formula is C24H21N3O5S2. The van der Waals surface area contributed by atoms with E-state index >= 15 is 0 Å². The van der Waals surface area contributed by atoms with Crippen molar-refractivity contribution in [3.05, 3.63) is 77.2 Å². The van der Waals surface area contributed by atoms with E-state index in [-0.39, 0.29) is 23.6 Å². The molecule has 2 N–H and O–H groups in total. The van der Waals surface area contributed by atoms with E-state index in [1.807, 2.05) is 36.4 Å². The van der Waals surface area contributed by atoms with Gasteiger partial charge in [0.25, 0.3) is 0 Å². The highest BCUT2D eigenvalue weighted by atomic mass is 32.2. The number of aromatic nitrogens is 1. The number of nitrogens with two attached hydrogens (primary N) is 1. The molecule has 2 aliphatic rings. The summed E-state index contributed by atoms with van der Waals surface area (Å²) in [5.41, 5.74) is 7.91. The average molecular weight is 496 g/mol. The summed E-state index contributed by atoms with van der Waals surface area (Å²) >= 11 is 2.98. The summed E-state index contributed by atoms with van der Waals surface area (Å²) < 4.78 is 16.1. The minimum Gasteiger partial charge on any atom is -0.497 e. The first-order valence-corrected chi connectivity index (χ1v) is 12.3. The number of nitrogens with zero attached hydrogens (tertiary/aromatic N) is 2. The molecule has 1 fully saturated rings. The van der Waals surface area contributed by atoms with Gasteiger partial charge in [-0.15, -0.1) is 11.8 Å². The molecule has 34 heavy (non-hydrogen) atoms. The van der Waals surface area contributed by atoms with Gasteiger partial charge in [-0.25, -0.2) is 9.78 Å². The lowest BCUT2D eigenvalue weighted by Crippen LogP contribution is -2.68. The lowest BCUT2D eigenvalue weighted by Gasteiger charge is -2.48. The number of fused-ring (bicyclic) bond motifs is 1. The second kappa shape index (κ2) is 9.57. The van der Waals surface area contributed by atoms with Crippen LogP contribution < -0.4 is 10.5 Å². The molecule has 174 valence electrons. The van der Waals surface area contributed by atoms with Crippen LogP contribution in [0.3, 0.4) is 0 Å². The molecule has 1 saturated heterocycles. The standard InChI is InChI=1S/C24H21N3O5S2/c1-30-16-6-2-14(3-7-16)12-32-24(29)20-18(13-33-23-19(25)22(28)27(20)23)34-17-8-4-15(5-9-17)21-26-10-11-31-21/h2-11,19,23H,12-13,25H2,1H3/t19-,23+/m1/s1. The van der Waals surface area contributed by atoms with Gasteiger partial charge in [-0.1, -0.05) is 23.9 Å². The van der Waals surface area contributed by atoms with Crippen LogP contribution >= 0.6 is 23.5 Å². The molecule has 1 aromatic heterocycles. The number of β-lactam (4-membered cyclic amide) rings is 1. The van der Waals surface area contributed by atoms with Gasteiger partial charge in [0.05, 0.1) is 13.3 Å². The number of hydrogen-bond acceptors (Lipinski definition) is 9. The first-order chi connectivity index (χ1) is 16.5. The van der Waals surface area contributed by atoms with E-state index in [1.54, 1.807) is 37.2 Å². The van der Waals surface area contributed by atoms with E-state index in [9.17, 15) is 9.59 Å². The summed E-state index contributed by atoms with van der Waals surface area (Å²) in [6.07, 6.45) is 3.12. The Bertz CT molecular complexity index is 1230. The predicted octanol–water partition coefficient (Wildman–Crippen LogP) is 3.64. The van der Waals surface area contributed by atoms with Crippen LogP contribution in [0, 0.1) is 0 Å². The molecule has 2 aromatic carbocycles. The second-order valence-electron chi connectivity index (χ2n) is 7.60. The number of rotatable bonds is 7. The van der Waals surface area contributed by atoms with Gasteiger partial charge < -0.3 is 19.6 Å². The zero-order valence-electron chi connectivity index (χ0n) is 18.2. The van der Waals surface area contributed by atoms with Gasteiger partial charge in [0.1, 0.15) is 35.7 Å². The SMILES string of the molecule is COc1ccc(COC(=O)C2=C(Sc3ccc(-c4ncco4)cc3)CS[C@H]3[C@H](N)C(=O)N23)cc1. The normalized spacial score (nSPS) is 19.5. The Labute approximate surface area is 204 Å². The molecule has 0 spiro atoms. The van der Waals surface area contributed by atoms with Crippen LogP contribution in [0.25, 0.3) is 11.5 Å². The van der Waals surface area contributed by atoms with Gasteiger partial charge in [-0.3, -0.25) is 9.69 Å². The average Bonchev–Trinajstić information content (AvgIpc) is 3.42. The van der Waals surface area contributed by atoms with Gasteiger partial charge in [0.15, 0.2) is 0 Å². The summed E-state index contributed by atoms with van der Waals surface area (Å²) in [4.78, 5) is 33.0. The Morgan fingerprint density at radius 3 is 2.68 bits per heavy atom. The molecule has 0 saturated carbocycles. The second-order valence-corrected chi connectivity index (χ2v) is 9.87. The van der Waals surface area contributed by atoms with E-state index in [4.69, 9.17) is 19.6 Å². The van der Waals surface area contributed by atoms with Crippen LogP contribution in [0.2, 0.25) is 0 Å². The Hall–Kier alpha value is -3.21. The van der Waals surface area contributed by atoms with E-state index in [0.29, 0.717) is 11.6 Å². The molecule has 0 aliphatic carbocycles. The number of hydrogen-bond donors (Lipinski definition) is 1. The quantitative estimate of drug-likeness (QED) is 0.388. The van der Waals surface area contributed by atoms with Crippen molar-refractivity contribution in [3.63, 3.8) is 0 Å². The third-order valence-corrected chi connectivity index (χ3v) is 8.05. The molecule has 0 bridgehead atoms. The number of methoxy groups -OCH3 is 1. The molecule has 2 aliphatic heterocycles. The summed E-state index contributed by atoms with van der Waals surface area (Å²) in [5, 5.41) is -0.257. The van der Waals surface area contributed by atoms with Crippen molar-refractivity contribution < 1.29 is 23.5 Å². The number of thioether (sulfide) groups is 2. The summed E-state index contributed by atoms with van der Waals surface area (Å²) in [6.45, 7) is 0.0843. The number of ether oxygens (including phenoxy) is 2. The van der Waals surface area contributed by atoms with E-state index < -0.39 is 12.0 Å². The number of carbonyl (C=O) groups is 2. The highest BCUT2D eigenvalue weighted by molar-refractivity contribution is 8.06. The molecule has 0 radical (unpaired) electrons. The molecule has 0 unspecified atom stereocenters. The Morgan fingerprint density at radius 1 is 1.24 bits per heavy atom. The van der Waals surface area contributed by atoms with Crippen LogP contribution in [0.5, 0.6) is 5.75 Å². The van der Waals surface area contributed by atoms with Crippen LogP contribution in [-0.2, 0) is 20.9 Å². The van der Waals surface area contributed by atoms with Crippen molar-refractivity contribution >= 4 is 35.4 Å². The number of esters is 1. The van der Waals surface area contributed by atoms with Gasteiger partial charge in [-0.05, 0) is 42.0 Å². The molecule has 3 heterocycles. The van der Waals surface area contributed by atoms with Crippen LogP contribution in [0.15, 0.2) is 80.9 Å². The Kier molecular flexibility index (Phi) is 6.36.